The molecule has 1 aromatic heterocycles. The van der Waals surface area contributed by atoms with Crippen LogP contribution in [0.1, 0.15) is 12.8 Å². The molecular weight excluding hydrogens is 348 g/mol. The van der Waals surface area contributed by atoms with E-state index in [4.69, 9.17) is 22.7 Å². The second-order valence-electron chi connectivity index (χ2n) is 6.47. The molecule has 0 amide bonds. The number of aliphatic imine (C=N–C) groups is 1. The largest absolute Gasteiger partial charge is 0.394 e. The van der Waals surface area contributed by atoms with Crippen LogP contribution in [-0.4, -0.2) is 75.5 Å². The van der Waals surface area contributed by atoms with E-state index >= 15 is 0 Å². The maximum absolute atomic E-state index is 10.9. The van der Waals surface area contributed by atoms with E-state index < -0.39 is 24.2 Å². The molecule has 1 unspecified atom stereocenters. The van der Waals surface area contributed by atoms with E-state index in [0.29, 0.717) is 35.2 Å². The van der Waals surface area contributed by atoms with Crippen LogP contribution in [0, 0.1) is 4.64 Å². The number of nitrogens with two attached hydrogens (primary N) is 1. The molecule has 10 nitrogen and oxygen atoms in total. The molecule has 4 rings (SSSR count). The fourth-order valence-corrected chi connectivity index (χ4v) is 3.93. The van der Waals surface area contributed by atoms with Crippen LogP contribution in [0.2, 0.25) is 0 Å². The van der Waals surface area contributed by atoms with E-state index in [9.17, 15) is 15.3 Å². The standard InChI is InChI=1S/C14H20N6O4S/c15-3-1-2-4-16-13-18-10-8(11(25)19-13)17-6-20(10)12-14(20,23)9(22)7(5-21)24-12/h6-7,9,12,21-23H,1-5,15H2,(H-,16,18,19,25)/p+1/t7-,9+,12-,14+,20?/m1/s1. The van der Waals surface area contributed by atoms with Gasteiger partial charge in [-0.2, -0.15) is 9.48 Å². The zero-order valence-electron chi connectivity index (χ0n) is 13.4. The smallest absolute Gasteiger partial charge is 0.325 e. The lowest BCUT2D eigenvalue weighted by molar-refractivity contribution is -0.0790. The molecule has 1 spiro atoms. The van der Waals surface area contributed by atoms with Crippen LogP contribution in [0.15, 0.2) is 4.99 Å². The van der Waals surface area contributed by atoms with Gasteiger partial charge in [0.2, 0.25) is 18.1 Å². The van der Waals surface area contributed by atoms with Crippen LogP contribution < -0.4 is 15.5 Å². The molecule has 2 fully saturated rings. The van der Waals surface area contributed by atoms with Gasteiger partial charge in [0.15, 0.2) is 16.4 Å². The first-order chi connectivity index (χ1) is 12.0. The van der Waals surface area contributed by atoms with Gasteiger partial charge in [-0.25, -0.2) is 4.98 Å². The third-order valence-electron chi connectivity index (χ3n) is 5.07. The Hall–Kier alpha value is -1.47. The van der Waals surface area contributed by atoms with E-state index in [-0.39, 0.29) is 11.1 Å². The van der Waals surface area contributed by atoms with E-state index in [1.165, 1.54) is 6.34 Å². The molecule has 3 aliphatic rings. The number of aromatic nitrogens is 2. The minimum atomic E-state index is -1.60. The summed E-state index contributed by atoms with van der Waals surface area (Å²) in [6.45, 7) is 0.928. The molecule has 11 heteroatoms. The van der Waals surface area contributed by atoms with E-state index in [1.807, 2.05) is 0 Å². The third kappa shape index (κ3) is 2.08. The first kappa shape index (κ1) is 17.0. The van der Waals surface area contributed by atoms with Crippen molar-refractivity contribution in [1.29, 1.82) is 0 Å². The van der Waals surface area contributed by atoms with Gasteiger partial charge < -0.3 is 31.1 Å². The van der Waals surface area contributed by atoms with Gasteiger partial charge in [-0.15, -0.1) is 0 Å². The molecule has 25 heavy (non-hydrogen) atoms. The maximum atomic E-state index is 10.9. The monoisotopic (exact) mass is 369 g/mol. The Kier molecular flexibility index (Phi) is 3.92. The molecule has 1 aromatic rings. The number of rotatable bonds is 6. The van der Waals surface area contributed by atoms with Gasteiger partial charge in [0.25, 0.3) is 6.23 Å². The second kappa shape index (κ2) is 5.77. The van der Waals surface area contributed by atoms with Crippen LogP contribution in [-0.2, 0) is 4.74 Å². The maximum Gasteiger partial charge on any atom is 0.325 e. The third-order valence-corrected chi connectivity index (χ3v) is 5.35. The van der Waals surface area contributed by atoms with Crippen LogP contribution in [0.5, 0.6) is 0 Å². The first-order valence-electron chi connectivity index (χ1n) is 8.20. The molecule has 0 saturated carbocycles. The number of fused-ring (bicyclic) bond motifs is 5. The average Bonchev–Trinajstić information content (AvgIpc) is 2.85. The molecule has 136 valence electrons. The predicted octanol–water partition coefficient (Wildman–Crippen LogP) is -0.949. The summed E-state index contributed by atoms with van der Waals surface area (Å²) in [5.74, 6) is 0.981. The zero-order chi connectivity index (χ0) is 17.8. The van der Waals surface area contributed by atoms with Gasteiger partial charge in [0, 0.05) is 6.54 Å². The summed E-state index contributed by atoms with van der Waals surface area (Å²) in [5.41, 5.74) is 4.33. The number of H-pyrrole nitrogens is 1. The summed E-state index contributed by atoms with van der Waals surface area (Å²) in [7, 11) is 0. The van der Waals surface area contributed by atoms with Crippen LogP contribution in [0.4, 0.5) is 17.5 Å². The number of aliphatic hydroxyl groups excluding tert-OH is 2. The van der Waals surface area contributed by atoms with E-state index in [0.717, 1.165) is 12.8 Å². The highest BCUT2D eigenvalue weighted by atomic mass is 32.1. The lowest BCUT2D eigenvalue weighted by Crippen LogP contribution is -2.50. The summed E-state index contributed by atoms with van der Waals surface area (Å²) in [5, 5.41) is 33.7. The van der Waals surface area contributed by atoms with Gasteiger partial charge in [-0.05, 0) is 19.4 Å². The fraction of sp³-hybridized carbons (Fsp3) is 0.643. The average molecular weight is 369 g/mol. The van der Waals surface area contributed by atoms with Gasteiger partial charge in [-0.1, -0.05) is 12.2 Å². The quantitative estimate of drug-likeness (QED) is 0.163. The van der Waals surface area contributed by atoms with Crippen molar-refractivity contribution in [2.45, 2.75) is 37.0 Å². The zero-order valence-corrected chi connectivity index (χ0v) is 14.2. The van der Waals surface area contributed by atoms with Gasteiger partial charge in [0.1, 0.15) is 6.10 Å². The highest BCUT2D eigenvalue weighted by Crippen LogP contribution is 2.62. The Bertz CT molecular complexity index is 787. The number of hydrogen-bond donors (Lipinski definition) is 6. The number of nitrogens with zero attached hydrogens (tertiary/aromatic N) is 3. The summed E-state index contributed by atoms with van der Waals surface area (Å²) >= 11 is 5.30. The van der Waals surface area contributed by atoms with Crippen molar-refractivity contribution in [3.63, 3.8) is 0 Å². The number of aliphatic hydroxyl groups is 3. The summed E-state index contributed by atoms with van der Waals surface area (Å²) in [6.07, 6.45) is 0.470. The van der Waals surface area contributed by atoms with E-state index in [2.05, 4.69) is 20.3 Å². The lowest BCUT2D eigenvalue weighted by Gasteiger charge is -2.23. The Morgan fingerprint density at radius 1 is 1.48 bits per heavy atom. The van der Waals surface area contributed by atoms with Gasteiger partial charge in [-0.3, -0.25) is 4.98 Å². The molecule has 0 aromatic carbocycles. The van der Waals surface area contributed by atoms with Crippen molar-refractivity contribution >= 4 is 36.0 Å². The normalized spacial score (nSPS) is 37.4. The molecule has 0 radical (unpaired) electrons. The fourth-order valence-electron chi connectivity index (χ4n) is 3.68. The highest BCUT2D eigenvalue weighted by molar-refractivity contribution is 7.71. The summed E-state index contributed by atoms with van der Waals surface area (Å²) in [4.78, 5) is 11.7. The van der Waals surface area contributed by atoms with Gasteiger partial charge >= 0.3 is 5.72 Å². The molecular formula is C14H21N6O4S+. The van der Waals surface area contributed by atoms with Crippen LogP contribution >= 0.6 is 12.2 Å². The van der Waals surface area contributed by atoms with Gasteiger partial charge in [0.05, 0.1) is 6.61 Å². The number of nitrogens with one attached hydrogen (secondary N) is 2. The SMILES string of the molecule is NCCCCNc1nc(=S)c2c([nH]1)[N+]1(C=N2)[C@@H]2O[C@H](CO)[C@H](O)[C@]21O. The van der Waals surface area contributed by atoms with Crippen LogP contribution in [0.3, 0.4) is 0 Å². The number of anilines is 1. The molecule has 7 N–H and O–H groups in total. The molecule has 3 aliphatic heterocycles. The second-order valence-corrected chi connectivity index (χ2v) is 6.86. The topological polar surface area (TPSA) is 149 Å². The van der Waals surface area contributed by atoms with Crippen molar-refractivity contribution < 1.29 is 20.1 Å². The Labute approximate surface area is 148 Å². The van der Waals surface area contributed by atoms with Crippen molar-refractivity contribution in [3.8, 4) is 0 Å². The predicted molar refractivity (Wildman–Crippen MR) is 92.8 cm³/mol. The number of aromatic amines is 1. The number of quaternary nitrogens is 1. The van der Waals surface area contributed by atoms with E-state index in [1.54, 1.807) is 0 Å². The Morgan fingerprint density at radius 2 is 2.28 bits per heavy atom. The van der Waals surface area contributed by atoms with Crippen molar-refractivity contribution in [1.82, 2.24) is 14.5 Å². The molecule has 4 heterocycles. The molecule has 0 bridgehead atoms. The molecule has 2 saturated heterocycles. The minimum Gasteiger partial charge on any atom is -0.394 e. The van der Waals surface area contributed by atoms with Crippen molar-refractivity contribution in [3.05, 3.63) is 4.64 Å². The van der Waals surface area contributed by atoms with Crippen molar-refractivity contribution in [2.75, 3.05) is 25.0 Å². The first-order valence-corrected chi connectivity index (χ1v) is 8.61. The minimum absolute atomic E-state index is 0.191. The summed E-state index contributed by atoms with van der Waals surface area (Å²) < 4.78 is 5.71. The Morgan fingerprint density at radius 3 is 2.92 bits per heavy atom. The molecule has 5 atom stereocenters. The van der Waals surface area contributed by atoms with Crippen molar-refractivity contribution in [2.24, 2.45) is 10.7 Å². The lowest BCUT2D eigenvalue weighted by atomic mass is 10.1. The number of ether oxygens (including phenoxy) is 1. The number of hydrogen-bond acceptors (Lipinski definition) is 9. The molecule has 0 aliphatic carbocycles. The van der Waals surface area contributed by atoms with Crippen LogP contribution in [0.25, 0.3) is 0 Å². The summed E-state index contributed by atoms with van der Waals surface area (Å²) in [6, 6.07) is 0. The highest BCUT2D eigenvalue weighted by Gasteiger charge is 2.92. The Balaban J connectivity index is 1.64. The number of unbranched alkanes of at least 4 members (excludes halogenated alkanes) is 1.